The summed E-state index contributed by atoms with van der Waals surface area (Å²) in [5, 5.41) is 0. The van der Waals surface area contributed by atoms with Gasteiger partial charge >= 0.3 is 58.4 Å². The molecule has 94 valence electrons. The molecule has 1 rings (SSSR count). The summed E-state index contributed by atoms with van der Waals surface area (Å²) in [6, 6.07) is 0.501. The smallest absolute Gasteiger partial charge is 0.445 e. The number of halogens is 3. The van der Waals surface area contributed by atoms with Crippen LogP contribution in [0.25, 0.3) is 0 Å². The van der Waals surface area contributed by atoms with Crippen molar-refractivity contribution in [3.8, 4) is 0 Å². The second kappa shape index (κ2) is 7.67. The predicted octanol–water partition coefficient (Wildman–Crippen LogP) is -1.04. The number of likely N-dealkylation sites (tertiary alicyclic amines) is 1. The van der Waals surface area contributed by atoms with Crippen LogP contribution in [0.4, 0.5) is 12.9 Å². The molecule has 0 unspecified atom stereocenters. The SMILES string of the molecule is C=C(CN1CCC(N(C)C)CC1)[B-](F)(F)F.[K+]. The van der Waals surface area contributed by atoms with Crippen molar-refractivity contribution in [2.75, 3.05) is 33.7 Å². The van der Waals surface area contributed by atoms with Crippen molar-refractivity contribution in [3.05, 3.63) is 12.1 Å². The minimum absolute atomic E-state index is 0. The molecule has 0 aromatic heterocycles. The fraction of sp³-hybridized carbons (Fsp3) is 0.800. The molecule has 0 spiro atoms. The van der Waals surface area contributed by atoms with Gasteiger partial charge < -0.3 is 22.7 Å². The summed E-state index contributed by atoms with van der Waals surface area (Å²) in [6.45, 7) is -0.311. The normalized spacial score (nSPS) is 19.2. The zero-order valence-electron chi connectivity index (χ0n) is 10.9. The van der Waals surface area contributed by atoms with E-state index < -0.39 is 12.4 Å². The number of piperidine rings is 1. The van der Waals surface area contributed by atoms with Gasteiger partial charge in [0, 0.05) is 6.04 Å². The first kappa shape index (κ1) is 18.2. The van der Waals surface area contributed by atoms with Crippen molar-refractivity contribution in [2.24, 2.45) is 0 Å². The Morgan fingerprint density at radius 3 is 2.12 bits per heavy atom. The van der Waals surface area contributed by atoms with E-state index in [4.69, 9.17) is 0 Å². The molecule has 0 aromatic rings. The first-order valence-electron chi connectivity index (χ1n) is 5.57. The van der Waals surface area contributed by atoms with Gasteiger partial charge in [0.1, 0.15) is 0 Å². The van der Waals surface area contributed by atoms with Gasteiger partial charge in [0.05, 0.1) is 0 Å². The van der Waals surface area contributed by atoms with Gasteiger partial charge in [-0.1, -0.05) is 0 Å². The minimum Gasteiger partial charge on any atom is -0.445 e. The fourth-order valence-corrected chi connectivity index (χ4v) is 1.98. The Morgan fingerprint density at radius 1 is 1.29 bits per heavy atom. The zero-order chi connectivity index (χ0) is 12.3. The van der Waals surface area contributed by atoms with Crippen molar-refractivity contribution in [3.63, 3.8) is 0 Å². The van der Waals surface area contributed by atoms with E-state index in [9.17, 15) is 12.9 Å². The van der Waals surface area contributed by atoms with E-state index >= 15 is 0 Å². The van der Waals surface area contributed by atoms with Crippen molar-refractivity contribution >= 4 is 6.98 Å². The maximum atomic E-state index is 12.3. The van der Waals surface area contributed by atoms with Crippen LogP contribution in [0.2, 0.25) is 0 Å². The molecular weight excluding hydrogens is 255 g/mol. The molecule has 0 saturated carbocycles. The molecule has 0 radical (unpaired) electrons. The van der Waals surface area contributed by atoms with Crippen LogP contribution in [0, 0.1) is 0 Å². The number of hydrogen-bond donors (Lipinski definition) is 0. The predicted molar refractivity (Wildman–Crippen MR) is 61.4 cm³/mol. The van der Waals surface area contributed by atoms with E-state index in [0.29, 0.717) is 6.04 Å². The molecule has 0 aromatic carbocycles. The number of nitrogens with zero attached hydrogens (tertiary/aromatic N) is 2. The van der Waals surface area contributed by atoms with E-state index in [1.54, 1.807) is 0 Å². The summed E-state index contributed by atoms with van der Waals surface area (Å²) in [6.07, 6.45) is 1.87. The van der Waals surface area contributed by atoms with Crippen LogP contribution >= 0.6 is 0 Å². The fourth-order valence-electron chi connectivity index (χ4n) is 1.98. The topological polar surface area (TPSA) is 6.48 Å². The Hall–Kier alpha value is 1.15. The zero-order valence-corrected chi connectivity index (χ0v) is 14.0. The van der Waals surface area contributed by atoms with Gasteiger partial charge in [-0.3, -0.25) is 0 Å². The third kappa shape index (κ3) is 6.22. The molecule has 1 aliphatic rings. The summed E-state index contributed by atoms with van der Waals surface area (Å²) >= 11 is 0. The number of rotatable bonds is 4. The van der Waals surface area contributed by atoms with E-state index in [1.165, 1.54) is 0 Å². The molecule has 0 bridgehead atoms. The van der Waals surface area contributed by atoms with Crippen LogP contribution in [0.3, 0.4) is 0 Å². The van der Waals surface area contributed by atoms with Gasteiger partial charge in [-0.25, -0.2) is 0 Å². The molecule has 1 heterocycles. The average molecular weight is 274 g/mol. The van der Waals surface area contributed by atoms with E-state index in [-0.39, 0.29) is 57.9 Å². The largest absolute Gasteiger partial charge is 1.00 e. The standard InChI is InChI=1S/C10H19BF3N2.K/c1-9(11(12,13)14)8-16-6-4-10(5-7-16)15(2)3;/h10H,1,4-8H2,2-3H3;/q-1;+1. The summed E-state index contributed by atoms with van der Waals surface area (Å²) in [5.74, 6) is 0. The Kier molecular flexibility index (Phi) is 8.19. The summed E-state index contributed by atoms with van der Waals surface area (Å²) in [4.78, 5) is 3.98. The van der Waals surface area contributed by atoms with Gasteiger partial charge in [0.25, 0.3) is 0 Å². The van der Waals surface area contributed by atoms with E-state index in [1.807, 2.05) is 19.0 Å². The molecule has 0 atom stereocenters. The minimum atomic E-state index is -4.87. The van der Waals surface area contributed by atoms with E-state index in [2.05, 4.69) is 11.5 Å². The Labute approximate surface area is 144 Å². The molecule has 1 fully saturated rings. The monoisotopic (exact) mass is 274 g/mol. The molecule has 2 nitrogen and oxygen atoms in total. The molecule has 0 amide bonds. The second-order valence-electron chi connectivity index (χ2n) is 4.70. The Morgan fingerprint density at radius 2 is 1.76 bits per heavy atom. The quantitative estimate of drug-likeness (QED) is 0.604. The third-order valence-corrected chi connectivity index (χ3v) is 3.18. The average Bonchev–Trinajstić information content (AvgIpc) is 2.17. The van der Waals surface area contributed by atoms with Gasteiger partial charge in [0.15, 0.2) is 0 Å². The van der Waals surface area contributed by atoms with Gasteiger partial charge in [-0.2, -0.15) is 0 Å². The maximum absolute atomic E-state index is 12.3. The van der Waals surface area contributed by atoms with Crippen LogP contribution in [-0.4, -0.2) is 56.5 Å². The summed E-state index contributed by atoms with van der Waals surface area (Å²) in [7, 11) is 4.02. The molecule has 1 saturated heterocycles. The maximum Gasteiger partial charge on any atom is 1.00 e. The Balaban J connectivity index is 0.00000256. The molecule has 17 heavy (non-hydrogen) atoms. The van der Waals surface area contributed by atoms with Gasteiger partial charge in [-0.15, -0.1) is 12.1 Å². The Bertz CT molecular complexity index is 250. The first-order valence-corrected chi connectivity index (χ1v) is 5.57. The number of hydrogen-bond acceptors (Lipinski definition) is 2. The molecule has 0 N–H and O–H groups in total. The summed E-state index contributed by atoms with van der Waals surface area (Å²) in [5.41, 5.74) is -0.580. The van der Waals surface area contributed by atoms with E-state index in [0.717, 1.165) is 25.9 Å². The third-order valence-electron chi connectivity index (χ3n) is 3.18. The van der Waals surface area contributed by atoms with Crippen LogP contribution < -0.4 is 51.4 Å². The van der Waals surface area contributed by atoms with Crippen molar-refractivity contribution in [2.45, 2.75) is 18.9 Å². The first-order chi connectivity index (χ1) is 7.30. The van der Waals surface area contributed by atoms with Crippen LogP contribution in [0.1, 0.15) is 12.8 Å². The molecule has 1 aliphatic heterocycles. The molecule has 7 heteroatoms. The van der Waals surface area contributed by atoms with Crippen LogP contribution in [0.5, 0.6) is 0 Å². The summed E-state index contributed by atoms with van der Waals surface area (Å²) < 4.78 is 37.0. The molecule has 0 aliphatic carbocycles. The van der Waals surface area contributed by atoms with Crippen molar-refractivity contribution in [1.82, 2.24) is 9.80 Å². The van der Waals surface area contributed by atoms with Crippen molar-refractivity contribution in [1.29, 1.82) is 0 Å². The van der Waals surface area contributed by atoms with Crippen LogP contribution in [-0.2, 0) is 0 Å². The second-order valence-corrected chi connectivity index (χ2v) is 4.70. The van der Waals surface area contributed by atoms with Gasteiger partial charge in [-0.05, 0) is 46.6 Å². The van der Waals surface area contributed by atoms with Crippen molar-refractivity contribution < 1.29 is 64.3 Å². The van der Waals surface area contributed by atoms with Crippen LogP contribution in [0.15, 0.2) is 12.1 Å². The molecular formula is C10H19BF3KN2. The van der Waals surface area contributed by atoms with Gasteiger partial charge in [0.2, 0.25) is 0 Å².